The predicted octanol–water partition coefficient (Wildman–Crippen LogP) is 2.33. The van der Waals surface area contributed by atoms with Crippen LogP contribution in [0.4, 0.5) is 13.2 Å². The Labute approximate surface area is 88.9 Å². The second-order valence-electron chi connectivity index (χ2n) is 4.75. The predicted molar refractivity (Wildman–Crippen MR) is 53.6 cm³/mol. The molecule has 0 heterocycles. The van der Waals surface area contributed by atoms with Crippen LogP contribution in [0.2, 0.25) is 0 Å². The van der Waals surface area contributed by atoms with Crippen molar-refractivity contribution in [3.05, 3.63) is 0 Å². The van der Waals surface area contributed by atoms with Gasteiger partial charge < -0.3 is 10.4 Å². The molecule has 0 aromatic heterocycles. The van der Waals surface area contributed by atoms with Gasteiger partial charge in [-0.2, -0.15) is 13.2 Å². The maximum Gasteiger partial charge on any atom is 0.390 e. The monoisotopic (exact) mass is 227 g/mol. The molecule has 0 aliphatic heterocycles. The molecule has 2 N–H and O–H groups in total. The second-order valence-corrected chi connectivity index (χ2v) is 4.75. The van der Waals surface area contributed by atoms with E-state index in [1.807, 2.05) is 20.8 Å². The normalized spacial score (nSPS) is 15.4. The van der Waals surface area contributed by atoms with Crippen molar-refractivity contribution in [1.29, 1.82) is 0 Å². The Balaban J connectivity index is 3.98. The molecule has 92 valence electrons. The minimum atomic E-state index is -4.12. The highest BCUT2D eigenvalue weighted by Crippen LogP contribution is 2.23. The third-order valence-corrected chi connectivity index (χ3v) is 2.26. The van der Waals surface area contributed by atoms with E-state index in [1.165, 1.54) is 0 Å². The van der Waals surface area contributed by atoms with Crippen molar-refractivity contribution in [2.75, 3.05) is 13.2 Å². The van der Waals surface area contributed by atoms with Crippen LogP contribution in [0.1, 0.15) is 33.6 Å². The number of aliphatic hydroxyl groups excluding tert-OH is 1. The van der Waals surface area contributed by atoms with E-state index in [2.05, 4.69) is 5.32 Å². The maximum absolute atomic E-state index is 11.9. The Morgan fingerprint density at radius 3 is 2.07 bits per heavy atom. The van der Waals surface area contributed by atoms with E-state index in [0.29, 0.717) is 6.42 Å². The van der Waals surface area contributed by atoms with E-state index < -0.39 is 12.6 Å². The van der Waals surface area contributed by atoms with Crippen LogP contribution in [0.5, 0.6) is 0 Å². The lowest BCUT2D eigenvalue weighted by Crippen LogP contribution is -2.42. The van der Waals surface area contributed by atoms with Crippen molar-refractivity contribution >= 4 is 0 Å². The molecule has 2 nitrogen and oxygen atoms in total. The molecule has 5 heteroatoms. The molecule has 0 fully saturated rings. The number of rotatable bonds is 5. The molecule has 0 aromatic rings. The highest BCUT2D eigenvalue weighted by Gasteiger charge is 2.28. The number of halogens is 3. The molecule has 0 aromatic carbocycles. The van der Waals surface area contributed by atoms with E-state index in [1.54, 1.807) is 0 Å². The lowest BCUT2D eigenvalue weighted by atomic mass is 9.85. The molecule has 0 rings (SSSR count). The number of nitrogens with one attached hydrogen (secondary N) is 1. The molecule has 0 radical (unpaired) electrons. The van der Waals surface area contributed by atoms with Gasteiger partial charge in [0.15, 0.2) is 0 Å². The summed E-state index contributed by atoms with van der Waals surface area (Å²) in [5.41, 5.74) is -0.145. The number of hydrogen-bond donors (Lipinski definition) is 2. The zero-order valence-electron chi connectivity index (χ0n) is 9.49. The maximum atomic E-state index is 11.9. The lowest BCUT2D eigenvalue weighted by molar-refractivity contribution is -0.134. The molecule has 0 amide bonds. The van der Waals surface area contributed by atoms with Crippen molar-refractivity contribution in [3.8, 4) is 0 Å². The minimum absolute atomic E-state index is 0.0129. The van der Waals surface area contributed by atoms with Gasteiger partial charge in [0.05, 0.1) is 6.42 Å². The van der Waals surface area contributed by atoms with Crippen molar-refractivity contribution in [2.45, 2.75) is 45.8 Å². The van der Waals surface area contributed by atoms with Crippen LogP contribution in [0.25, 0.3) is 0 Å². The van der Waals surface area contributed by atoms with E-state index >= 15 is 0 Å². The summed E-state index contributed by atoms with van der Waals surface area (Å²) in [5.74, 6) is 0. The first-order chi connectivity index (χ1) is 6.67. The Hall–Kier alpha value is -0.290. The smallest absolute Gasteiger partial charge is 0.390 e. The first-order valence-electron chi connectivity index (χ1n) is 5.08. The first kappa shape index (κ1) is 14.7. The summed E-state index contributed by atoms with van der Waals surface area (Å²) in [6.07, 6.45) is -4.47. The Morgan fingerprint density at radius 2 is 1.73 bits per heavy atom. The summed E-state index contributed by atoms with van der Waals surface area (Å²) >= 11 is 0. The van der Waals surface area contributed by atoms with Crippen LogP contribution in [0.3, 0.4) is 0 Å². The van der Waals surface area contributed by atoms with Gasteiger partial charge in [-0.1, -0.05) is 20.8 Å². The van der Waals surface area contributed by atoms with Crippen molar-refractivity contribution in [2.24, 2.45) is 5.41 Å². The molecule has 0 saturated carbocycles. The second kappa shape index (κ2) is 5.70. The number of alkyl halides is 3. The standard InChI is InChI=1S/C10H20F3NO/c1-9(2,3)8(4-7-15)14-6-5-10(11,12)13/h8,14-15H,4-7H2,1-3H3. The quantitative estimate of drug-likeness (QED) is 0.755. The summed E-state index contributed by atoms with van der Waals surface area (Å²) in [6.45, 7) is 5.71. The molecule has 0 saturated heterocycles. The van der Waals surface area contributed by atoms with E-state index in [4.69, 9.17) is 5.11 Å². The molecular weight excluding hydrogens is 207 g/mol. The van der Waals surface area contributed by atoms with E-state index in [0.717, 1.165) is 0 Å². The molecular formula is C10H20F3NO. The SMILES string of the molecule is CC(C)(C)C(CCO)NCCC(F)(F)F. The van der Waals surface area contributed by atoms with Crippen LogP contribution in [-0.4, -0.2) is 30.5 Å². The van der Waals surface area contributed by atoms with Crippen molar-refractivity contribution < 1.29 is 18.3 Å². The summed E-state index contributed by atoms with van der Waals surface area (Å²) in [6, 6.07) is -0.0927. The minimum Gasteiger partial charge on any atom is -0.396 e. The average Bonchev–Trinajstić information content (AvgIpc) is 1.98. The molecule has 1 atom stereocenters. The largest absolute Gasteiger partial charge is 0.396 e. The van der Waals surface area contributed by atoms with Gasteiger partial charge in [0, 0.05) is 19.2 Å². The van der Waals surface area contributed by atoms with Crippen LogP contribution in [0.15, 0.2) is 0 Å². The lowest BCUT2D eigenvalue weighted by Gasteiger charge is -2.31. The van der Waals surface area contributed by atoms with Gasteiger partial charge in [-0.25, -0.2) is 0 Å². The number of aliphatic hydroxyl groups is 1. The van der Waals surface area contributed by atoms with E-state index in [9.17, 15) is 13.2 Å². The average molecular weight is 227 g/mol. The van der Waals surface area contributed by atoms with Gasteiger partial charge in [0.2, 0.25) is 0 Å². The van der Waals surface area contributed by atoms with Gasteiger partial charge in [-0.3, -0.25) is 0 Å². The molecule has 0 aliphatic carbocycles. The topological polar surface area (TPSA) is 32.3 Å². The third kappa shape index (κ3) is 7.62. The zero-order valence-corrected chi connectivity index (χ0v) is 9.49. The van der Waals surface area contributed by atoms with E-state index in [-0.39, 0.29) is 24.6 Å². The summed E-state index contributed by atoms with van der Waals surface area (Å²) < 4.78 is 35.7. The van der Waals surface area contributed by atoms with Gasteiger partial charge >= 0.3 is 6.18 Å². The van der Waals surface area contributed by atoms with Crippen LogP contribution in [0, 0.1) is 5.41 Å². The highest BCUT2D eigenvalue weighted by atomic mass is 19.4. The number of hydrogen-bond acceptors (Lipinski definition) is 2. The van der Waals surface area contributed by atoms with Crippen LogP contribution >= 0.6 is 0 Å². The molecule has 15 heavy (non-hydrogen) atoms. The fourth-order valence-corrected chi connectivity index (χ4v) is 1.36. The van der Waals surface area contributed by atoms with Gasteiger partial charge in [0.1, 0.15) is 0 Å². The van der Waals surface area contributed by atoms with Crippen molar-refractivity contribution in [1.82, 2.24) is 5.32 Å². The molecule has 1 unspecified atom stereocenters. The Kier molecular flexibility index (Phi) is 5.59. The van der Waals surface area contributed by atoms with Crippen molar-refractivity contribution in [3.63, 3.8) is 0 Å². The molecule has 0 bridgehead atoms. The third-order valence-electron chi connectivity index (χ3n) is 2.26. The van der Waals surface area contributed by atoms with Crippen LogP contribution < -0.4 is 5.32 Å². The Morgan fingerprint density at radius 1 is 1.20 bits per heavy atom. The first-order valence-corrected chi connectivity index (χ1v) is 5.08. The Bertz CT molecular complexity index is 174. The fraction of sp³-hybridized carbons (Fsp3) is 1.00. The molecule has 0 aliphatic rings. The zero-order chi connectivity index (χ0) is 12.1. The summed E-state index contributed by atoms with van der Waals surface area (Å²) in [7, 11) is 0. The summed E-state index contributed by atoms with van der Waals surface area (Å²) in [4.78, 5) is 0. The van der Waals surface area contributed by atoms with Gasteiger partial charge in [-0.05, 0) is 11.8 Å². The van der Waals surface area contributed by atoms with Gasteiger partial charge in [-0.15, -0.1) is 0 Å². The van der Waals surface area contributed by atoms with Crippen LogP contribution in [-0.2, 0) is 0 Å². The summed E-state index contributed by atoms with van der Waals surface area (Å²) in [5, 5.41) is 11.6. The highest BCUT2D eigenvalue weighted by molar-refractivity contribution is 4.80. The van der Waals surface area contributed by atoms with Gasteiger partial charge in [0.25, 0.3) is 0 Å². The molecule has 0 spiro atoms. The fourth-order valence-electron chi connectivity index (χ4n) is 1.36.